The van der Waals surface area contributed by atoms with Gasteiger partial charge in [0.15, 0.2) is 0 Å². The first-order chi connectivity index (χ1) is 10.1. The molecule has 0 spiro atoms. The van der Waals surface area contributed by atoms with Crippen LogP contribution in [0.5, 0.6) is 0 Å². The van der Waals surface area contributed by atoms with Crippen molar-refractivity contribution in [1.82, 2.24) is 5.43 Å². The molecule has 0 radical (unpaired) electrons. The number of nitrogens with two attached hydrogens (primary N) is 1. The lowest BCUT2D eigenvalue weighted by molar-refractivity contribution is 0.0955. The lowest BCUT2D eigenvalue weighted by Gasteiger charge is -1.99. The van der Waals surface area contributed by atoms with Gasteiger partial charge in [0.1, 0.15) is 11.5 Å². The molecule has 21 heavy (non-hydrogen) atoms. The fourth-order valence-corrected chi connectivity index (χ4v) is 2.21. The Bertz CT molecular complexity index is 673. The number of hydrazone groups is 1. The number of nitrogens with zero attached hydrogens (tertiary/aromatic N) is 1. The third-order valence-corrected chi connectivity index (χ3v) is 3.65. The molecule has 1 fully saturated rings. The SMILES string of the molecule is C[C@H]1C[C@H]1c1ccc(/C=N\NC(=O)c2ccc(N)cc2)o1. The van der Waals surface area contributed by atoms with E-state index in [2.05, 4.69) is 17.5 Å². The van der Waals surface area contributed by atoms with Crippen LogP contribution in [-0.4, -0.2) is 12.1 Å². The summed E-state index contributed by atoms with van der Waals surface area (Å²) in [5, 5.41) is 3.90. The van der Waals surface area contributed by atoms with Gasteiger partial charge in [-0.1, -0.05) is 6.92 Å². The van der Waals surface area contributed by atoms with Crippen molar-refractivity contribution in [3.05, 3.63) is 53.5 Å². The zero-order chi connectivity index (χ0) is 14.8. The summed E-state index contributed by atoms with van der Waals surface area (Å²) in [6.45, 7) is 2.20. The van der Waals surface area contributed by atoms with Crippen molar-refractivity contribution in [1.29, 1.82) is 0 Å². The Morgan fingerprint density at radius 2 is 2.05 bits per heavy atom. The van der Waals surface area contributed by atoms with Crippen molar-refractivity contribution in [2.24, 2.45) is 11.0 Å². The van der Waals surface area contributed by atoms with Crippen molar-refractivity contribution >= 4 is 17.8 Å². The van der Waals surface area contributed by atoms with Gasteiger partial charge in [-0.25, -0.2) is 5.43 Å². The van der Waals surface area contributed by atoms with Gasteiger partial charge in [0.05, 0.1) is 6.21 Å². The number of anilines is 1. The van der Waals surface area contributed by atoms with Gasteiger partial charge < -0.3 is 10.2 Å². The molecule has 0 aliphatic heterocycles. The van der Waals surface area contributed by atoms with Gasteiger partial charge in [-0.2, -0.15) is 5.10 Å². The van der Waals surface area contributed by atoms with Crippen LogP contribution in [0.15, 0.2) is 45.9 Å². The molecule has 108 valence electrons. The lowest BCUT2D eigenvalue weighted by Crippen LogP contribution is -2.17. The molecule has 2 aromatic rings. The quantitative estimate of drug-likeness (QED) is 0.514. The molecule has 3 N–H and O–H groups in total. The number of furan rings is 1. The summed E-state index contributed by atoms with van der Waals surface area (Å²) in [4.78, 5) is 11.8. The summed E-state index contributed by atoms with van der Waals surface area (Å²) in [7, 11) is 0. The monoisotopic (exact) mass is 283 g/mol. The van der Waals surface area contributed by atoms with Gasteiger partial charge in [-0.15, -0.1) is 0 Å². The second-order valence-electron chi connectivity index (χ2n) is 5.38. The van der Waals surface area contributed by atoms with E-state index in [0.29, 0.717) is 28.8 Å². The molecule has 5 heteroatoms. The molecule has 1 aromatic heterocycles. The van der Waals surface area contributed by atoms with E-state index in [0.717, 1.165) is 5.76 Å². The van der Waals surface area contributed by atoms with E-state index in [1.807, 2.05) is 12.1 Å². The maximum Gasteiger partial charge on any atom is 0.271 e. The lowest BCUT2D eigenvalue weighted by atomic mass is 10.2. The second-order valence-corrected chi connectivity index (χ2v) is 5.38. The molecule has 1 aliphatic carbocycles. The van der Waals surface area contributed by atoms with E-state index < -0.39 is 0 Å². The van der Waals surface area contributed by atoms with Crippen LogP contribution in [0.25, 0.3) is 0 Å². The number of carbonyl (C=O) groups is 1. The smallest absolute Gasteiger partial charge is 0.271 e. The molecule has 0 saturated heterocycles. The number of amides is 1. The number of hydrogen-bond donors (Lipinski definition) is 2. The highest BCUT2D eigenvalue weighted by molar-refractivity contribution is 5.94. The number of nitrogens with one attached hydrogen (secondary N) is 1. The number of nitrogen functional groups attached to an aromatic ring is 1. The zero-order valence-corrected chi connectivity index (χ0v) is 11.7. The van der Waals surface area contributed by atoms with Gasteiger partial charge in [0.25, 0.3) is 5.91 Å². The first-order valence-electron chi connectivity index (χ1n) is 6.92. The minimum Gasteiger partial charge on any atom is -0.460 e. The van der Waals surface area contributed by atoms with Gasteiger partial charge in [0.2, 0.25) is 0 Å². The highest BCUT2D eigenvalue weighted by Gasteiger charge is 2.36. The number of rotatable bonds is 4. The molecular weight excluding hydrogens is 266 g/mol. The standard InChI is InChI=1S/C16H17N3O2/c1-10-8-14(10)15-7-6-13(21-15)9-18-19-16(20)11-2-4-12(17)5-3-11/h2-7,9-10,14H,8,17H2,1H3,(H,19,20)/b18-9-/t10-,14+/m0/s1. The average Bonchev–Trinajstić information content (AvgIpc) is 3.01. The Hall–Kier alpha value is -2.56. The normalized spacial score (nSPS) is 20.6. The van der Waals surface area contributed by atoms with Crippen molar-refractivity contribution in [3.63, 3.8) is 0 Å². The number of carbonyl (C=O) groups excluding carboxylic acids is 1. The van der Waals surface area contributed by atoms with E-state index in [-0.39, 0.29) is 5.91 Å². The largest absolute Gasteiger partial charge is 0.460 e. The van der Waals surface area contributed by atoms with Gasteiger partial charge in [-0.05, 0) is 48.7 Å². The maximum absolute atomic E-state index is 11.8. The third-order valence-electron chi connectivity index (χ3n) is 3.65. The summed E-state index contributed by atoms with van der Waals surface area (Å²) in [6, 6.07) is 10.5. The van der Waals surface area contributed by atoms with Crippen LogP contribution in [0.3, 0.4) is 0 Å². The van der Waals surface area contributed by atoms with E-state index in [1.54, 1.807) is 24.3 Å². The average molecular weight is 283 g/mol. The van der Waals surface area contributed by atoms with Crippen molar-refractivity contribution in [2.75, 3.05) is 5.73 Å². The summed E-state index contributed by atoms with van der Waals surface area (Å²) in [6.07, 6.45) is 2.68. The zero-order valence-electron chi connectivity index (χ0n) is 11.7. The molecule has 1 aromatic carbocycles. The van der Waals surface area contributed by atoms with Crippen LogP contribution in [-0.2, 0) is 0 Å². The van der Waals surface area contributed by atoms with Crippen LogP contribution in [0.2, 0.25) is 0 Å². The first kappa shape index (κ1) is 13.4. The predicted octanol–water partition coefficient (Wildman–Crippen LogP) is 2.75. The fraction of sp³-hybridized carbons (Fsp3) is 0.250. The van der Waals surface area contributed by atoms with Crippen LogP contribution in [0, 0.1) is 5.92 Å². The van der Waals surface area contributed by atoms with Crippen molar-refractivity contribution in [3.8, 4) is 0 Å². The Labute approximate surface area is 122 Å². The van der Waals surface area contributed by atoms with Crippen molar-refractivity contribution in [2.45, 2.75) is 19.3 Å². The first-order valence-corrected chi connectivity index (χ1v) is 6.92. The highest BCUT2D eigenvalue weighted by atomic mass is 16.3. The molecular formula is C16H17N3O2. The number of benzene rings is 1. The molecule has 0 bridgehead atoms. The van der Waals surface area contributed by atoms with Crippen molar-refractivity contribution < 1.29 is 9.21 Å². The molecule has 3 rings (SSSR count). The molecule has 0 unspecified atom stereocenters. The van der Waals surface area contributed by atoms with Crippen LogP contribution in [0.4, 0.5) is 5.69 Å². The predicted molar refractivity (Wildman–Crippen MR) is 81.1 cm³/mol. The summed E-state index contributed by atoms with van der Waals surface area (Å²) < 4.78 is 5.66. The Kier molecular flexibility index (Phi) is 3.48. The second kappa shape index (κ2) is 5.44. The molecule has 1 amide bonds. The van der Waals surface area contributed by atoms with Gasteiger partial charge >= 0.3 is 0 Å². The third kappa shape index (κ3) is 3.13. The Morgan fingerprint density at radius 1 is 1.33 bits per heavy atom. The molecule has 1 heterocycles. The summed E-state index contributed by atoms with van der Waals surface area (Å²) >= 11 is 0. The fourth-order valence-electron chi connectivity index (χ4n) is 2.21. The van der Waals surface area contributed by atoms with Crippen LogP contribution in [0.1, 0.15) is 41.1 Å². The topological polar surface area (TPSA) is 80.6 Å². The van der Waals surface area contributed by atoms with Crippen LogP contribution < -0.4 is 11.2 Å². The minimum absolute atomic E-state index is 0.283. The van der Waals surface area contributed by atoms with E-state index in [1.165, 1.54) is 12.6 Å². The Morgan fingerprint density at radius 3 is 2.71 bits per heavy atom. The van der Waals surface area contributed by atoms with Gasteiger partial charge in [0, 0.05) is 17.2 Å². The maximum atomic E-state index is 11.8. The van der Waals surface area contributed by atoms with Gasteiger partial charge in [-0.3, -0.25) is 4.79 Å². The molecule has 1 saturated carbocycles. The van der Waals surface area contributed by atoms with E-state index in [9.17, 15) is 4.79 Å². The molecule has 1 aliphatic rings. The summed E-state index contributed by atoms with van der Waals surface area (Å²) in [5.41, 5.74) is 9.16. The molecule has 2 atom stereocenters. The van der Waals surface area contributed by atoms with E-state index >= 15 is 0 Å². The highest BCUT2D eigenvalue weighted by Crippen LogP contribution is 2.47. The van der Waals surface area contributed by atoms with Crippen LogP contribution >= 0.6 is 0 Å². The Balaban J connectivity index is 1.57. The summed E-state index contributed by atoms with van der Waals surface area (Å²) in [5.74, 6) is 2.59. The molecule has 5 nitrogen and oxygen atoms in total. The minimum atomic E-state index is -0.283. The van der Waals surface area contributed by atoms with E-state index in [4.69, 9.17) is 10.2 Å². The number of hydrogen-bond acceptors (Lipinski definition) is 4.